The molecule has 2 aliphatic heterocycles. The first-order valence-electron chi connectivity index (χ1n) is 7.88. The third-order valence-electron chi connectivity index (χ3n) is 4.70. The van der Waals surface area contributed by atoms with Crippen molar-refractivity contribution in [3.05, 3.63) is 65.2 Å². The average molecular weight is 320 g/mol. The van der Waals surface area contributed by atoms with Crippen LogP contribution in [0.15, 0.2) is 48.5 Å². The van der Waals surface area contributed by atoms with Crippen molar-refractivity contribution < 1.29 is 14.4 Å². The maximum absolute atomic E-state index is 12.8. The number of amides is 3. The maximum atomic E-state index is 12.8. The summed E-state index contributed by atoms with van der Waals surface area (Å²) in [6.45, 7) is 1.90. The highest BCUT2D eigenvalue weighted by Crippen LogP contribution is 2.33. The zero-order valence-electron chi connectivity index (χ0n) is 13.2. The number of nitrogens with zero attached hydrogens (tertiary/aromatic N) is 2. The Kier molecular flexibility index (Phi) is 3.23. The molecule has 0 radical (unpaired) electrons. The summed E-state index contributed by atoms with van der Waals surface area (Å²) in [5.74, 6) is -0.323. The first-order chi connectivity index (χ1) is 11.6. The van der Waals surface area contributed by atoms with Crippen molar-refractivity contribution >= 4 is 23.4 Å². The lowest BCUT2D eigenvalue weighted by Crippen LogP contribution is -2.39. The van der Waals surface area contributed by atoms with Crippen molar-refractivity contribution in [3.63, 3.8) is 0 Å². The molecule has 0 aliphatic carbocycles. The molecule has 1 fully saturated rings. The molecule has 0 spiro atoms. The molecule has 4 rings (SSSR count). The summed E-state index contributed by atoms with van der Waals surface area (Å²) in [5, 5.41) is 0. The summed E-state index contributed by atoms with van der Waals surface area (Å²) in [7, 11) is 0. The topological polar surface area (TPSA) is 57.7 Å². The summed E-state index contributed by atoms with van der Waals surface area (Å²) in [6, 6.07) is 13.8. The number of Topliss-reactive ketones (excluding diaryl/α,β-unsaturated/α-hetero) is 1. The van der Waals surface area contributed by atoms with Crippen LogP contribution in [0.2, 0.25) is 0 Å². The van der Waals surface area contributed by atoms with Crippen LogP contribution in [0.4, 0.5) is 10.5 Å². The summed E-state index contributed by atoms with van der Waals surface area (Å²) in [4.78, 5) is 40.0. The quantitative estimate of drug-likeness (QED) is 0.631. The molecule has 120 valence electrons. The van der Waals surface area contributed by atoms with Gasteiger partial charge in [0.1, 0.15) is 6.04 Å². The van der Waals surface area contributed by atoms with Gasteiger partial charge in [0.15, 0.2) is 5.78 Å². The Bertz CT molecular complexity index is 831. The van der Waals surface area contributed by atoms with E-state index in [-0.39, 0.29) is 17.7 Å². The van der Waals surface area contributed by atoms with E-state index in [9.17, 15) is 14.4 Å². The Morgan fingerprint density at radius 2 is 1.79 bits per heavy atom. The van der Waals surface area contributed by atoms with Gasteiger partial charge in [-0.2, -0.15) is 0 Å². The largest absolute Gasteiger partial charge is 0.332 e. The van der Waals surface area contributed by atoms with Crippen LogP contribution in [0.1, 0.15) is 28.4 Å². The number of benzene rings is 2. The van der Waals surface area contributed by atoms with Crippen LogP contribution >= 0.6 is 0 Å². The molecule has 2 aliphatic rings. The summed E-state index contributed by atoms with van der Waals surface area (Å²) >= 11 is 0. The predicted molar refractivity (Wildman–Crippen MR) is 88.8 cm³/mol. The van der Waals surface area contributed by atoms with Gasteiger partial charge in [-0.15, -0.1) is 0 Å². The SMILES string of the molecule is CC(=O)c1cccc(N2C(=O)[C@@H]3Cc4ccccc4CN3C2=O)c1. The van der Waals surface area contributed by atoms with Gasteiger partial charge in [0.2, 0.25) is 0 Å². The fourth-order valence-electron chi connectivity index (χ4n) is 3.42. The second-order valence-electron chi connectivity index (χ2n) is 6.18. The minimum atomic E-state index is -0.464. The first kappa shape index (κ1) is 14.6. The molecule has 3 amide bonds. The summed E-state index contributed by atoms with van der Waals surface area (Å²) in [6.07, 6.45) is 0.531. The Morgan fingerprint density at radius 1 is 1.04 bits per heavy atom. The van der Waals surface area contributed by atoms with E-state index in [1.165, 1.54) is 11.8 Å². The van der Waals surface area contributed by atoms with Crippen LogP contribution in [0.5, 0.6) is 0 Å². The van der Waals surface area contributed by atoms with Gasteiger partial charge in [0.25, 0.3) is 5.91 Å². The monoisotopic (exact) mass is 320 g/mol. The predicted octanol–water partition coefficient (Wildman–Crippen LogP) is 2.78. The molecular formula is C19H16N2O3. The molecule has 0 unspecified atom stereocenters. The Morgan fingerprint density at radius 3 is 2.54 bits per heavy atom. The van der Waals surface area contributed by atoms with E-state index in [0.29, 0.717) is 24.2 Å². The van der Waals surface area contributed by atoms with Crippen LogP contribution in [0, 0.1) is 0 Å². The highest BCUT2D eigenvalue weighted by molar-refractivity contribution is 6.21. The molecule has 0 saturated carbocycles. The second-order valence-corrected chi connectivity index (χ2v) is 6.18. The molecule has 0 N–H and O–H groups in total. The molecule has 5 heteroatoms. The molecule has 0 aromatic heterocycles. The maximum Gasteiger partial charge on any atom is 0.332 e. The number of carbonyl (C=O) groups excluding carboxylic acids is 3. The molecule has 24 heavy (non-hydrogen) atoms. The van der Waals surface area contributed by atoms with Crippen molar-refractivity contribution in [1.29, 1.82) is 0 Å². The van der Waals surface area contributed by atoms with Gasteiger partial charge in [0, 0.05) is 18.5 Å². The number of fused-ring (bicyclic) bond motifs is 2. The molecule has 1 saturated heterocycles. The molecule has 0 bridgehead atoms. The molecule has 2 heterocycles. The number of imide groups is 1. The van der Waals surface area contributed by atoms with E-state index in [1.54, 1.807) is 29.2 Å². The number of anilines is 1. The van der Waals surface area contributed by atoms with Gasteiger partial charge < -0.3 is 4.90 Å². The lowest BCUT2D eigenvalue weighted by molar-refractivity contribution is -0.120. The van der Waals surface area contributed by atoms with E-state index in [2.05, 4.69) is 0 Å². The van der Waals surface area contributed by atoms with Gasteiger partial charge >= 0.3 is 6.03 Å². The van der Waals surface area contributed by atoms with Crippen LogP contribution in [-0.2, 0) is 17.8 Å². The van der Waals surface area contributed by atoms with Gasteiger partial charge in [-0.25, -0.2) is 9.69 Å². The lowest BCUT2D eigenvalue weighted by Gasteiger charge is -2.28. The second kappa shape index (κ2) is 5.30. The average Bonchev–Trinajstić information content (AvgIpc) is 2.84. The van der Waals surface area contributed by atoms with E-state index in [1.807, 2.05) is 24.3 Å². The standard InChI is InChI=1S/C19H16N2O3/c1-12(22)13-7-4-8-16(9-13)21-18(23)17-10-14-5-2-3-6-15(14)11-20(17)19(21)24/h2-9,17H,10-11H2,1H3/t17-/m0/s1. The van der Waals surface area contributed by atoms with Gasteiger partial charge in [-0.1, -0.05) is 36.4 Å². The number of carbonyl (C=O) groups is 3. The molecule has 5 nitrogen and oxygen atoms in total. The minimum Gasteiger partial charge on any atom is -0.307 e. The minimum absolute atomic E-state index is 0.0962. The third kappa shape index (κ3) is 2.12. The van der Waals surface area contributed by atoms with Crippen molar-refractivity contribution in [2.24, 2.45) is 0 Å². The Labute approximate surface area is 139 Å². The summed E-state index contributed by atoms with van der Waals surface area (Å²) < 4.78 is 0. The highest BCUT2D eigenvalue weighted by atomic mass is 16.2. The van der Waals surface area contributed by atoms with E-state index in [0.717, 1.165) is 11.1 Å². The number of urea groups is 1. The number of ketones is 1. The van der Waals surface area contributed by atoms with Gasteiger partial charge in [-0.05, 0) is 30.2 Å². The smallest absolute Gasteiger partial charge is 0.307 e. The van der Waals surface area contributed by atoms with Crippen molar-refractivity contribution in [2.45, 2.75) is 25.9 Å². The summed E-state index contributed by atoms with van der Waals surface area (Å²) in [5.41, 5.74) is 3.13. The molecule has 2 aromatic rings. The number of hydrogen-bond donors (Lipinski definition) is 0. The molecular weight excluding hydrogens is 304 g/mol. The van der Waals surface area contributed by atoms with Gasteiger partial charge in [-0.3, -0.25) is 9.59 Å². The van der Waals surface area contributed by atoms with Crippen LogP contribution in [0.3, 0.4) is 0 Å². The highest BCUT2D eigenvalue weighted by Gasteiger charge is 2.47. The number of hydrogen-bond acceptors (Lipinski definition) is 3. The van der Waals surface area contributed by atoms with Crippen molar-refractivity contribution in [1.82, 2.24) is 4.90 Å². The van der Waals surface area contributed by atoms with E-state index in [4.69, 9.17) is 0 Å². The van der Waals surface area contributed by atoms with Crippen molar-refractivity contribution in [3.8, 4) is 0 Å². The van der Waals surface area contributed by atoms with Crippen LogP contribution < -0.4 is 4.90 Å². The lowest BCUT2D eigenvalue weighted by atomic mass is 9.95. The molecule has 2 aromatic carbocycles. The van der Waals surface area contributed by atoms with Crippen LogP contribution in [0.25, 0.3) is 0 Å². The normalized spacial score (nSPS) is 19.3. The van der Waals surface area contributed by atoms with E-state index < -0.39 is 6.04 Å². The Hall–Kier alpha value is -2.95. The van der Waals surface area contributed by atoms with E-state index >= 15 is 0 Å². The fraction of sp³-hybridized carbons (Fsp3) is 0.211. The first-order valence-corrected chi connectivity index (χ1v) is 7.88. The van der Waals surface area contributed by atoms with Gasteiger partial charge in [0.05, 0.1) is 5.69 Å². The Balaban J connectivity index is 1.71. The molecule has 1 atom stereocenters. The zero-order valence-corrected chi connectivity index (χ0v) is 13.2. The third-order valence-corrected chi connectivity index (χ3v) is 4.70. The van der Waals surface area contributed by atoms with Crippen molar-refractivity contribution in [2.75, 3.05) is 4.90 Å². The number of rotatable bonds is 2. The van der Waals surface area contributed by atoms with Crippen LogP contribution in [-0.4, -0.2) is 28.7 Å². The zero-order chi connectivity index (χ0) is 16.8. The fourth-order valence-corrected chi connectivity index (χ4v) is 3.42.